The van der Waals surface area contributed by atoms with Crippen LogP contribution in [0.5, 0.6) is 11.5 Å². The van der Waals surface area contributed by atoms with E-state index in [1.165, 1.54) is 25.3 Å². The van der Waals surface area contributed by atoms with Crippen LogP contribution in [0.3, 0.4) is 0 Å². The smallest absolute Gasteiger partial charge is 0.263 e. The first-order chi connectivity index (χ1) is 13.4. The third-order valence-corrected chi connectivity index (χ3v) is 4.43. The van der Waals surface area contributed by atoms with Crippen molar-refractivity contribution in [2.24, 2.45) is 0 Å². The summed E-state index contributed by atoms with van der Waals surface area (Å²) in [5, 5.41) is 4.90. The van der Waals surface area contributed by atoms with Gasteiger partial charge in [0, 0.05) is 5.56 Å². The molecule has 2 aromatic rings. The number of rotatable bonds is 5. The molecule has 1 aliphatic heterocycles. The number of halogens is 2. The fourth-order valence-corrected chi connectivity index (χ4v) is 2.89. The number of hydrogen-bond donors (Lipinski definition) is 2. The minimum absolute atomic E-state index is 0.0485. The molecule has 0 aromatic heterocycles. The monoisotopic (exact) mass is 420 g/mol. The molecular formula is C19H14ClFN2O4S. The van der Waals surface area contributed by atoms with Crippen molar-refractivity contribution in [2.45, 2.75) is 6.61 Å². The number of thiocarbonyl (C=S) groups is 1. The zero-order chi connectivity index (χ0) is 20.3. The Balaban J connectivity index is 1.88. The van der Waals surface area contributed by atoms with Crippen molar-refractivity contribution in [3.05, 3.63) is 63.9 Å². The Hall–Kier alpha value is -2.97. The molecule has 1 heterocycles. The highest BCUT2D eigenvalue weighted by atomic mass is 35.5. The highest BCUT2D eigenvalue weighted by Gasteiger charge is 2.25. The molecule has 0 radical (unpaired) electrons. The van der Waals surface area contributed by atoms with Crippen LogP contribution in [0.2, 0.25) is 5.02 Å². The van der Waals surface area contributed by atoms with Crippen molar-refractivity contribution in [2.75, 3.05) is 7.11 Å². The van der Waals surface area contributed by atoms with Gasteiger partial charge in [0.1, 0.15) is 18.0 Å². The molecule has 1 saturated heterocycles. The van der Waals surface area contributed by atoms with E-state index in [1.807, 2.05) is 0 Å². The third kappa shape index (κ3) is 4.29. The molecule has 6 nitrogen and oxygen atoms in total. The Morgan fingerprint density at radius 3 is 2.50 bits per heavy atom. The van der Waals surface area contributed by atoms with Gasteiger partial charge >= 0.3 is 0 Å². The molecular weight excluding hydrogens is 407 g/mol. The quantitative estimate of drug-likeness (QED) is 0.442. The summed E-state index contributed by atoms with van der Waals surface area (Å²) in [6.07, 6.45) is 1.38. The summed E-state index contributed by atoms with van der Waals surface area (Å²) in [5.74, 6) is -1.01. The summed E-state index contributed by atoms with van der Waals surface area (Å²) in [5.41, 5.74) is 0.597. The second-order valence-corrected chi connectivity index (χ2v) is 6.51. The van der Waals surface area contributed by atoms with Gasteiger partial charge in [-0.25, -0.2) is 4.39 Å². The molecule has 0 spiro atoms. The third-order valence-electron chi connectivity index (χ3n) is 3.88. The van der Waals surface area contributed by atoms with Crippen molar-refractivity contribution in [1.82, 2.24) is 10.6 Å². The maximum absolute atomic E-state index is 13.9. The molecule has 1 aliphatic rings. The van der Waals surface area contributed by atoms with Gasteiger partial charge in [-0.2, -0.15) is 0 Å². The molecule has 0 atom stereocenters. The zero-order valence-electron chi connectivity index (χ0n) is 14.5. The van der Waals surface area contributed by atoms with Crippen LogP contribution in [0.15, 0.2) is 42.0 Å². The summed E-state index contributed by atoms with van der Waals surface area (Å²) >= 11 is 10.8. The van der Waals surface area contributed by atoms with E-state index in [0.29, 0.717) is 17.1 Å². The van der Waals surface area contributed by atoms with Crippen LogP contribution >= 0.6 is 23.8 Å². The van der Waals surface area contributed by atoms with E-state index in [2.05, 4.69) is 10.6 Å². The fraction of sp³-hybridized carbons (Fsp3) is 0.105. The van der Waals surface area contributed by atoms with Crippen LogP contribution in [0, 0.1) is 5.82 Å². The molecule has 0 aliphatic carbocycles. The largest absolute Gasteiger partial charge is 0.493 e. The number of benzene rings is 2. The lowest BCUT2D eigenvalue weighted by Gasteiger charge is -2.17. The van der Waals surface area contributed by atoms with E-state index < -0.39 is 17.6 Å². The lowest BCUT2D eigenvalue weighted by atomic mass is 10.1. The Morgan fingerprint density at radius 2 is 1.86 bits per heavy atom. The molecule has 2 N–H and O–H groups in total. The van der Waals surface area contributed by atoms with E-state index in [-0.39, 0.29) is 27.9 Å². The highest BCUT2D eigenvalue weighted by Crippen LogP contribution is 2.31. The minimum atomic E-state index is -0.606. The van der Waals surface area contributed by atoms with Gasteiger partial charge in [0.05, 0.1) is 12.1 Å². The highest BCUT2D eigenvalue weighted by molar-refractivity contribution is 7.80. The molecule has 0 unspecified atom stereocenters. The number of hydrogen-bond acceptors (Lipinski definition) is 5. The predicted molar refractivity (Wildman–Crippen MR) is 106 cm³/mol. The van der Waals surface area contributed by atoms with Gasteiger partial charge in [0.25, 0.3) is 11.8 Å². The lowest BCUT2D eigenvalue weighted by Crippen LogP contribution is -2.51. The summed E-state index contributed by atoms with van der Waals surface area (Å²) in [4.78, 5) is 23.9. The molecule has 1 fully saturated rings. The van der Waals surface area contributed by atoms with E-state index in [9.17, 15) is 14.0 Å². The topological polar surface area (TPSA) is 76.7 Å². The van der Waals surface area contributed by atoms with Crippen LogP contribution in [0.1, 0.15) is 11.1 Å². The lowest BCUT2D eigenvalue weighted by molar-refractivity contribution is -0.123. The minimum Gasteiger partial charge on any atom is -0.493 e. The predicted octanol–water partition coefficient (Wildman–Crippen LogP) is 2.98. The number of ether oxygens (including phenoxy) is 2. The summed E-state index contributed by atoms with van der Waals surface area (Å²) in [6.45, 7) is -0.128. The van der Waals surface area contributed by atoms with Gasteiger partial charge in [-0.15, -0.1) is 0 Å². The van der Waals surface area contributed by atoms with Gasteiger partial charge in [0.2, 0.25) is 0 Å². The molecule has 0 saturated carbocycles. The van der Waals surface area contributed by atoms with Crippen molar-refractivity contribution in [3.8, 4) is 11.5 Å². The van der Waals surface area contributed by atoms with Crippen molar-refractivity contribution < 1.29 is 23.5 Å². The molecule has 28 heavy (non-hydrogen) atoms. The fourth-order valence-electron chi connectivity index (χ4n) is 2.49. The molecule has 3 rings (SSSR count). The second-order valence-electron chi connectivity index (χ2n) is 5.69. The molecule has 9 heteroatoms. The maximum atomic E-state index is 13.9. The molecule has 144 valence electrons. The number of methoxy groups -OCH3 is 1. The summed E-state index contributed by atoms with van der Waals surface area (Å²) < 4.78 is 24.9. The van der Waals surface area contributed by atoms with Gasteiger partial charge in [0.15, 0.2) is 16.6 Å². The number of nitrogens with one attached hydrogen (secondary N) is 2. The van der Waals surface area contributed by atoms with Crippen LogP contribution in [-0.4, -0.2) is 24.0 Å². The second kappa shape index (κ2) is 8.37. The van der Waals surface area contributed by atoms with Crippen molar-refractivity contribution in [3.63, 3.8) is 0 Å². The van der Waals surface area contributed by atoms with Crippen LogP contribution < -0.4 is 20.1 Å². The molecule has 2 amide bonds. The number of amides is 2. The van der Waals surface area contributed by atoms with Crippen LogP contribution in [-0.2, 0) is 16.2 Å². The van der Waals surface area contributed by atoms with Gasteiger partial charge < -0.3 is 9.47 Å². The molecule has 2 aromatic carbocycles. The van der Waals surface area contributed by atoms with E-state index in [4.69, 9.17) is 33.3 Å². The van der Waals surface area contributed by atoms with E-state index in [0.717, 1.165) is 0 Å². The average Bonchev–Trinajstić information content (AvgIpc) is 2.64. The van der Waals surface area contributed by atoms with Gasteiger partial charge in [-0.05, 0) is 48.1 Å². The van der Waals surface area contributed by atoms with Crippen molar-refractivity contribution >= 4 is 46.8 Å². The first kappa shape index (κ1) is 19.8. The van der Waals surface area contributed by atoms with Crippen LogP contribution in [0.25, 0.3) is 6.08 Å². The number of carbonyl (C=O) groups is 2. The number of carbonyl (C=O) groups excluding carboxylic acids is 2. The summed E-state index contributed by atoms with van der Waals surface area (Å²) in [7, 11) is 1.46. The summed E-state index contributed by atoms with van der Waals surface area (Å²) in [6, 6.07) is 9.16. The van der Waals surface area contributed by atoms with Gasteiger partial charge in [-0.3, -0.25) is 20.2 Å². The standard InChI is InChI=1S/C19H14ClFN2O4S/c1-26-15-6-5-10(7-11-17(24)22-19(28)23-18(11)25)8-16(15)27-9-12-13(20)3-2-4-14(12)21/h2-8H,9H2,1H3,(H2,22,23,24,25,28). The Labute approximate surface area is 170 Å². The Bertz CT molecular complexity index is 967. The normalized spacial score (nSPS) is 13.7. The first-order valence-corrected chi connectivity index (χ1v) is 8.79. The Kier molecular flexibility index (Phi) is 5.91. The first-order valence-electron chi connectivity index (χ1n) is 8.01. The SMILES string of the molecule is COc1ccc(C=C2C(=O)NC(=S)NC2=O)cc1OCc1c(F)cccc1Cl. The van der Waals surface area contributed by atoms with Crippen molar-refractivity contribution in [1.29, 1.82) is 0 Å². The van der Waals surface area contributed by atoms with Gasteiger partial charge in [-0.1, -0.05) is 23.7 Å². The van der Waals surface area contributed by atoms with E-state index in [1.54, 1.807) is 24.3 Å². The zero-order valence-corrected chi connectivity index (χ0v) is 16.1. The maximum Gasteiger partial charge on any atom is 0.263 e. The average molecular weight is 421 g/mol. The molecule has 0 bridgehead atoms. The van der Waals surface area contributed by atoms with Crippen LogP contribution in [0.4, 0.5) is 4.39 Å². The van der Waals surface area contributed by atoms with E-state index >= 15 is 0 Å². The Morgan fingerprint density at radius 1 is 1.14 bits per heavy atom.